The Balaban J connectivity index is 1.80. The highest BCUT2D eigenvalue weighted by Gasteiger charge is 2.31. The van der Waals surface area contributed by atoms with E-state index in [0.29, 0.717) is 13.1 Å². The molecule has 0 bridgehead atoms. The van der Waals surface area contributed by atoms with Crippen LogP contribution in [0.25, 0.3) is 10.9 Å². The van der Waals surface area contributed by atoms with Crippen molar-refractivity contribution in [2.75, 3.05) is 0 Å². The lowest BCUT2D eigenvalue weighted by Gasteiger charge is -2.33. The third-order valence-electron chi connectivity index (χ3n) is 7.37. The maximum atomic E-state index is 13.2. The number of pyridine rings is 1. The predicted octanol–water partition coefficient (Wildman–Crippen LogP) is 5.82. The van der Waals surface area contributed by atoms with Gasteiger partial charge in [-0.1, -0.05) is 50.6 Å². The van der Waals surface area contributed by atoms with Crippen LogP contribution in [0.4, 0.5) is 0 Å². The zero-order chi connectivity index (χ0) is 25.9. The average molecular weight is 487 g/mol. The topological polar surface area (TPSA) is 79.7 Å². The van der Waals surface area contributed by atoms with Gasteiger partial charge >= 0.3 is 0 Å². The lowest BCUT2D eigenvalue weighted by atomic mass is 10.00. The molecule has 36 heavy (non-hydrogen) atoms. The summed E-state index contributed by atoms with van der Waals surface area (Å²) in [5, 5.41) is 14.1. The van der Waals surface area contributed by atoms with Crippen molar-refractivity contribution in [2.45, 2.75) is 85.5 Å². The highest BCUT2D eigenvalue weighted by Crippen LogP contribution is 2.31. The average Bonchev–Trinajstić information content (AvgIpc) is 3.35. The van der Waals surface area contributed by atoms with Crippen molar-refractivity contribution in [3.8, 4) is 0 Å². The first kappa shape index (κ1) is 25.8. The van der Waals surface area contributed by atoms with Crippen molar-refractivity contribution < 1.29 is 0 Å². The summed E-state index contributed by atoms with van der Waals surface area (Å²) in [4.78, 5) is 18.7. The first-order valence-electron chi connectivity index (χ1n) is 12.9. The second kappa shape index (κ2) is 10.7. The van der Waals surface area contributed by atoms with E-state index >= 15 is 0 Å². The van der Waals surface area contributed by atoms with Gasteiger partial charge in [0.15, 0.2) is 5.82 Å². The Kier molecular flexibility index (Phi) is 7.69. The van der Waals surface area contributed by atoms with Crippen LogP contribution < -0.4 is 5.56 Å². The number of benzene rings is 2. The van der Waals surface area contributed by atoms with E-state index in [2.05, 4.69) is 103 Å². The Morgan fingerprint density at radius 3 is 2.44 bits per heavy atom. The summed E-state index contributed by atoms with van der Waals surface area (Å²) in [5.74, 6) is 0.850. The van der Waals surface area contributed by atoms with Crippen LogP contribution in [0.15, 0.2) is 53.3 Å². The van der Waals surface area contributed by atoms with Gasteiger partial charge in [0.1, 0.15) is 0 Å². The molecular formula is C29H38N6O. The van der Waals surface area contributed by atoms with Gasteiger partial charge in [0, 0.05) is 24.2 Å². The zero-order valence-electron chi connectivity index (χ0n) is 22.4. The lowest BCUT2D eigenvalue weighted by Crippen LogP contribution is -2.36. The number of hydrogen-bond donors (Lipinski definition) is 1. The number of nitrogens with one attached hydrogen (secondary N) is 1. The normalized spacial score (nSPS) is 13.0. The minimum absolute atomic E-state index is 0.0362. The van der Waals surface area contributed by atoms with Gasteiger partial charge < -0.3 is 4.98 Å². The standard InChI is InChI=1S/C29H38N6O/c1-7-12-26(27-31-32-33-35(27)29(5,6)8-2)34(18-22-13-10-9-11-14-22)19-24-17-23-15-20(3)21(4)16-25(23)30-28(24)36/h9-11,13-17,26H,7-8,12,18-19H2,1-6H3,(H,30,36)/t26-/m1/s1. The molecule has 7 nitrogen and oxygen atoms in total. The van der Waals surface area contributed by atoms with E-state index in [0.717, 1.165) is 41.6 Å². The minimum atomic E-state index is -0.209. The smallest absolute Gasteiger partial charge is 0.252 e. The highest BCUT2D eigenvalue weighted by molar-refractivity contribution is 5.80. The van der Waals surface area contributed by atoms with E-state index in [1.54, 1.807) is 0 Å². The first-order valence-corrected chi connectivity index (χ1v) is 12.9. The number of aromatic nitrogens is 5. The van der Waals surface area contributed by atoms with Crippen LogP contribution in [-0.4, -0.2) is 30.1 Å². The third kappa shape index (κ3) is 5.41. The van der Waals surface area contributed by atoms with E-state index in [1.807, 2.05) is 16.8 Å². The molecule has 2 aromatic carbocycles. The summed E-state index contributed by atoms with van der Waals surface area (Å²) in [6.07, 6.45) is 2.77. The third-order valence-corrected chi connectivity index (χ3v) is 7.37. The molecule has 190 valence electrons. The molecule has 0 fully saturated rings. The van der Waals surface area contributed by atoms with Crippen LogP contribution >= 0.6 is 0 Å². The Labute approximate surface area is 213 Å². The minimum Gasteiger partial charge on any atom is -0.322 e. The number of fused-ring (bicyclic) bond motifs is 1. The van der Waals surface area contributed by atoms with Crippen molar-refractivity contribution in [2.24, 2.45) is 0 Å². The maximum absolute atomic E-state index is 13.2. The summed E-state index contributed by atoms with van der Waals surface area (Å²) in [6, 6.07) is 16.6. The number of H-pyrrole nitrogens is 1. The number of nitrogens with zero attached hydrogens (tertiary/aromatic N) is 5. The molecule has 7 heteroatoms. The van der Waals surface area contributed by atoms with Gasteiger partial charge in [-0.25, -0.2) is 4.68 Å². The molecule has 0 saturated heterocycles. The van der Waals surface area contributed by atoms with Gasteiger partial charge in [-0.3, -0.25) is 9.69 Å². The van der Waals surface area contributed by atoms with Crippen molar-refractivity contribution >= 4 is 10.9 Å². The number of aryl methyl sites for hydroxylation is 2. The van der Waals surface area contributed by atoms with Crippen LogP contribution in [0.5, 0.6) is 0 Å². The summed E-state index contributed by atoms with van der Waals surface area (Å²) < 4.78 is 1.97. The highest BCUT2D eigenvalue weighted by atomic mass is 16.1. The van der Waals surface area contributed by atoms with E-state index in [4.69, 9.17) is 0 Å². The second-order valence-corrected chi connectivity index (χ2v) is 10.5. The van der Waals surface area contributed by atoms with Gasteiger partial charge in [-0.05, 0) is 91.2 Å². The van der Waals surface area contributed by atoms with Crippen LogP contribution in [0.3, 0.4) is 0 Å². The van der Waals surface area contributed by atoms with Crippen molar-refractivity contribution in [1.29, 1.82) is 0 Å². The lowest BCUT2D eigenvalue weighted by molar-refractivity contribution is 0.145. The monoisotopic (exact) mass is 486 g/mol. The zero-order valence-corrected chi connectivity index (χ0v) is 22.4. The fourth-order valence-electron chi connectivity index (χ4n) is 4.68. The summed E-state index contributed by atoms with van der Waals surface area (Å²) in [7, 11) is 0. The molecule has 2 heterocycles. The molecule has 0 aliphatic heterocycles. The molecule has 0 amide bonds. The van der Waals surface area contributed by atoms with E-state index < -0.39 is 0 Å². The fourth-order valence-corrected chi connectivity index (χ4v) is 4.68. The molecule has 1 atom stereocenters. The summed E-state index contributed by atoms with van der Waals surface area (Å²) in [5.41, 5.74) is 4.94. The Hall–Kier alpha value is -3.32. The molecule has 4 aromatic rings. The van der Waals surface area contributed by atoms with Crippen LogP contribution in [0.2, 0.25) is 0 Å². The van der Waals surface area contributed by atoms with Gasteiger partial charge in [-0.2, -0.15) is 0 Å². The Morgan fingerprint density at radius 2 is 1.75 bits per heavy atom. The first-order chi connectivity index (χ1) is 17.2. The molecule has 0 radical (unpaired) electrons. The molecule has 2 aromatic heterocycles. The van der Waals surface area contributed by atoms with Crippen molar-refractivity contribution in [1.82, 2.24) is 30.1 Å². The van der Waals surface area contributed by atoms with Gasteiger partial charge in [0.2, 0.25) is 0 Å². The molecule has 0 unspecified atom stereocenters. The molecule has 4 rings (SSSR count). The molecule has 1 N–H and O–H groups in total. The molecule has 0 spiro atoms. The SMILES string of the molecule is CCC[C@H](c1nnnn1C(C)(C)CC)N(Cc1ccccc1)Cc1cc2cc(C)c(C)cc2[nH]c1=O. The van der Waals surface area contributed by atoms with Crippen LogP contribution in [0.1, 0.15) is 81.1 Å². The number of hydrogen-bond acceptors (Lipinski definition) is 5. The van der Waals surface area contributed by atoms with Crippen LogP contribution in [0, 0.1) is 13.8 Å². The van der Waals surface area contributed by atoms with Gasteiger partial charge in [0.25, 0.3) is 5.56 Å². The van der Waals surface area contributed by atoms with E-state index in [9.17, 15) is 4.79 Å². The van der Waals surface area contributed by atoms with E-state index in [-0.39, 0.29) is 17.1 Å². The Morgan fingerprint density at radius 1 is 1.03 bits per heavy atom. The number of tetrazole rings is 1. The van der Waals surface area contributed by atoms with Crippen LogP contribution in [-0.2, 0) is 18.6 Å². The van der Waals surface area contributed by atoms with Crippen molar-refractivity contribution in [3.63, 3.8) is 0 Å². The maximum Gasteiger partial charge on any atom is 0.252 e. The predicted molar refractivity (Wildman–Crippen MR) is 145 cm³/mol. The molecule has 0 aliphatic rings. The van der Waals surface area contributed by atoms with Gasteiger partial charge in [-0.15, -0.1) is 5.10 Å². The van der Waals surface area contributed by atoms with Crippen molar-refractivity contribution in [3.05, 3.63) is 87.0 Å². The van der Waals surface area contributed by atoms with Gasteiger partial charge in [0.05, 0.1) is 11.6 Å². The molecule has 0 saturated carbocycles. The fraction of sp³-hybridized carbons (Fsp3) is 0.448. The molecular weight excluding hydrogens is 448 g/mol. The second-order valence-electron chi connectivity index (χ2n) is 10.5. The number of aromatic amines is 1. The molecule has 0 aliphatic carbocycles. The summed E-state index contributed by atoms with van der Waals surface area (Å²) in [6.45, 7) is 14.0. The number of rotatable bonds is 10. The quantitative estimate of drug-likeness (QED) is 0.305. The largest absolute Gasteiger partial charge is 0.322 e. The van der Waals surface area contributed by atoms with E-state index in [1.165, 1.54) is 16.7 Å². The summed E-state index contributed by atoms with van der Waals surface area (Å²) >= 11 is 0. The Bertz CT molecular complexity index is 1370.